The van der Waals surface area contributed by atoms with Gasteiger partial charge >= 0.3 is 0 Å². The topological polar surface area (TPSA) is 75.9 Å². The quantitative estimate of drug-likeness (QED) is 0.695. The average molecular weight is 369 g/mol. The molecule has 0 radical (unpaired) electrons. The molecule has 2 aromatic carbocycles. The minimum Gasteiger partial charge on any atom is -0.496 e. The summed E-state index contributed by atoms with van der Waals surface area (Å²) in [4.78, 5) is 27.6. The van der Waals surface area contributed by atoms with Gasteiger partial charge in [-0.15, -0.1) is 0 Å². The molecule has 0 aromatic heterocycles. The number of hydrogen-bond donors (Lipinski definition) is 1. The number of ether oxygens (including phenoxy) is 1. The third-order valence-electron chi connectivity index (χ3n) is 4.24. The van der Waals surface area contributed by atoms with Gasteiger partial charge in [0.25, 0.3) is 0 Å². The van der Waals surface area contributed by atoms with Crippen molar-refractivity contribution >= 4 is 11.8 Å². The summed E-state index contributed by atoms with van der Waals surface area (Å²) >= 11 is 0. The number of hydrogen-bond acceptors (Lipinski definition) is 4. The number of amides is 2. The minimum absolute atomic E-state index is 0.0440. The van der Waals surface area contributed by atoms with Crippen LogP contribution in [-0.4, -0.2) is 48.9 Å². The zero-order chi connectivity index (χ0) is 19.6. The fourth-order valence-electron chi connectivity index (χ4n) is 2.85. The van der Waals surface area contributed by atoms with Crippen LogP contribution >= 0.6 is 0 Å². The number of likely N-dealkylation sites (N-methyl/N-ethyl adjacent to an activating group) is 1. The van der Waals surface area contributed by atoms with E-state index < -0.39 is 5.91 Å². The number of rotatable bonds is 10. The molecule has 0 unspecified atom stereocenters. The molecule has 27 heavy (non-hydrogen) atoms. The first-order valence-corrected chi connectivity index (χ1v) is 8.90. The van der Waals surface area contributed by atoms with E-state index in [-0.39, 0.29) is 18.9 Å². The first kappa shape index (κ1) is 20.5. The van der Waals surface area contributed by atoms with Crippen molar-refractivity contribution in [1.29, 1.82) is 0 Å². The summed E-state index contributed by atoms with van der Waals surface area (Å²) in [7, 11) is 3.52. The van der Waals surface area contributed by atoms with Crippen LogP contribution < -0.4 is 10.5 Å². The molecule has 6 heteroatoms. The van der Waals surface area contributed by atoms with Gasteiger partial charge < -0.3 is 15.4 Å². The highest BCUT2D eigenvalue weighted by atomic mass is 16.5. The summed E-state index contributed by atoms with van der Waals surface area (Å²) in [6.45, 7) is 1.59. The van der Waals surface area contributed by atoms with Crippen molar-refractivity contribution in [2.75, 3.05) is 27.2 Å². The van der Waals surface area contributed by atoms with E-state index in [2.05, 4.69) is 0 Å². The number of primary amides is 1. The zero-order valence-corrected chi connectivity index (χ0v) is 15.9. The van der Waals surface area contributed by atoms with Crippen LogP contribution in [-0.2, 0) is 22.7 Å². The van der Waals surface area contributed by atoms with E-state index >= 15 is 0 Å². The van der Waals surface area contributed by atoms with Crippen LogP contribution in [0.5, 0.6) is 5.75 Å². The molecule has 0 aliphatic heterocycles. The van der Waals surface area contributed by atoms with E-state index in [1.165, 1.54) is 0 Å². The number of nitrogens with zero attached hydrogens (tertiary/aromatic N) is 2. The van der Waals surface area contributed by atoms with Gasteiger partial charge in [-0.25, -0.2) is 0 Å². The average Bonchev–Trinajstić information content (AvgIpc) is 2.66. The highest BCUT2D eigenvalue weighted by Gasteiger charge is 2.17. The minimum atomic E-state index is -0.414. The van der Waals surface area contributed by atoms with Crippen molar-refractivity contribution < 1.29 is 14.3 Å². The summed E-state index contributed by atoms with van der Waals surface area (Å²) in [6.07, 6.45) is 0.148. The summed E-state index contributed by atoms with van der Waals surface area (Å²) in [5.74, 6) is 0.340. The molecule has 144 valence electrons. The van der Waals surface area contributed by atoms with Crippen LogP contribution in [0.2, 0.25) is 0 Å². The molecule has 0 bridgehead atoms. The van der Waals surface area contributed by atoms with Gasteiger partial charge in [0, 0.05) is 31.6 Å². The second kappa shape index (κ2) is 10.3. The predicted molar refractivity (Wildman–Crippen MR) is 105 cm³/mol. The Labute approximate surface area is 160 Å². The van der Waals surface area contributed by atoms with Crippen LogP contribution in [0.1, 0.15) is 17.5 Å². The summed E-state index contributed by atoms with van der Waals surface area (Å²) in [5, 5.41) is 0. The zero-order valence-electron chi connectivity index (χ0n) is 15.9. The van der Waals surface area contributed by atoms with Crippen molar-refractivity contribution in [3.05, 3.63) is 65.7 Å². The first-order chi connectivity index (χ1) is 13.0. The van der Waals surface area contributed by atoms with Gasteiger partial charge in [0.05, 0.1) is 13.7 Å². The number of carbonyl (C=O) groups is 2. The summed E-state index contributed by atoms with van der Waals surface area (Å²) in [5.41, 5.74) is 7.30. The summed E-state index contributed by atoms with van der Waals surface area (Å²) < 4.78 is 5.37. The van der Waals surface area contributed by atoms with Gasteiger partial charge in [-0.3, -0.25) is 14.5 Å². The van der Waals surface area contributed by atoms with E-state index in [1.807, 2.05) is 66.5 Å². The lowest BCUT2D eigenvalue weighted by Gasteiger charge is -2.26. The molecule has 0 atom stereocenters. The molecule has 0 aliphatic carbocycles. The van der Waals surface area contributed by atoms with Crippen molar-refractivity contribution in [2.24, 2.45) is 5.73 Å². The molecule has 0 aliphatic rings. The second-order valence-electron chi connectivity index (χ2n) is 6.50. The second-order valence-corrected chi connectivity index (χ2v) is 6.50. The Hall–Kier alpha value is -2.86. The Morgan fingerprint density at radius 3 is 2.33 bits per heavy atom. The number of methoxy groups -OCH3 is 1. The highest BCUT2D eigenvalue weighted by Crippen LogP contribution is 2.18. The van der Waals surface area contributed by atoms with Crippen LogP contribution in [0.25, 0.3) is 0 Å². The van der Waals surface area contributed by atoms with Gasteiger partial charge in [0.15, 0.2) is 0 Å². The maximum absolute atomic E-state index is 12.8. The van der Waals surface area contributed by atoms with E-state index in [1.54, 1.807) is 12.0 Å². The van der Waals surface area contributed by atoms with Gasteiger partial charge in [0.1, 0.15) is 5.75 Å². The van der Waals surface area contributed by atoms with Gasteiger partial charge in [0.2, 0.25) is 11.8 Å². The van der Waals surface area contributed by atoms with Crippen molar-refractivity contribution in [2.45, 2.75) is 19.5 Å². The standard InChI is InChI=1S/C21H27N3O3/c1-23(15-18-10-6-7-11-19(18)27-2)16-21(26)24(13-12-20(22)25)14-17-8-4-3-5-9-17/h3-11H,12-16H2,1-2H3,(H2,22,25). The SMILES string of the molecule is COc1ccccc1CN(C)CC(=O)N(CCC(N)=O)Cc1ccccc1. The van der Waals surface area contributed by atoms with Crippen LogP contribution in [0, 0.1) is 0 Å². The largest absolute Gasteiger partial charge is 0.496 e. The highest BCUT2D eigenvalue weighted by molar-refractivity contribution is 5.79. The number of para-hydroxylation sites is 1. The third-order valence-corrected chi connectivity index (χ3v) is 4.24. The molecule has 2 N–H and O–H groups in total. The molecule has 2 amide bonds. The lowest BCUT2D eigenvalue weighted by Crippen LogP contribution is -2.40. The molecule has 0 fully saturated rings. The molecule has 2 rings (SSSR count). The first-order valence-electron chi connectivity index (χ1n) is 8.90. The molecule has 0 saturated heterocycles. The van der Waals surface area contributed by atoms with E-state index in [0.717, 1.165) is 16.9 Å². The number of benzene rings is 2. The Kier molecular flexibility index (Phi) is 7.82. The molecule has 6 nitrogen and oxygen atoms in total. The Morgan fingerprint density at radius 1 is 1.00 bits per heavy atom. The number of carbonyl (C=O) groups excluding carboxylic acids is 2. The number of nitrogens with two attached hydrogens (primary N) is 1. The van der Waals surface area contributed by atoms with Crippen molar-refractivity contribution in [3.8, 4) is 5.75 Å². The van der Waals surface area contributed by atoms with E-state index in [4.69, 9.17) is 10.5 Å². The van der Waals surface area contributed by atoms with Crippen molar-refractivity contribution in [1.82, 2.24) is 9.80 Å². The summed E-state index contributed by atoms with van der Waals surface area (Å²) in [6, 6.07) is 17.5. The Morgan fingerprint density at radius 2 is 1.67 bits per heavy atom. The van der Waals surface area contributed by atoms with Crippen LogP contribution in [0.4, 0.5) is 0 Å². The van der Waals surface area contributed by atoms with E-state index in [0.29, 0.717) is 19.6 Å². The molecular formula is C21H27N3O3. The van der Waals surface area contributed by atoms with Crippen LogP contribution in [0.15, 0.2) is 54.6 Å². The Balaban J connectivity index is 2.01. The maximum Gasteiger partial charge on any atom is 0.237 e. The molecular weight excluding hydrogens is 342 g/mol. The molecule has 2 aromatic rings. The van der Waals surface area contributed by atoms with Gasteiger partial charge in [-0.1, -0.05) is 48.5 Å². The van der Waals surface area contributed by atoms with E-state index in [9.17, 15) is 9.59 Å². The predicted octanol–water partition coefficient (Wildman–Crippen LogP) is 2.03. The Bertz CT molecular complexity index is 749. The smallest absolute Gasteiger partial charge is 0.237 e. The normalized spacial score (nSPS) is 10.6. The molecule has 0 spiro atoms. The molecule has 0 heterocycles. The van der Waals surface area contributed by atoms with Crippen LogP contribution in [0.3, 0.4) is 0 Å². The fourth-order valence-corrected chi connectivity index (χ4v) is 2.85. The van der Waals surface area contributed by atoms with Gasteiger partial charge in [-0.05, 0) is 18.7 Å². The maximum atomic E-state index is 12.8. The third kappa shape index (κ3) is 6.75. The monoisotopic (exact) mass is 369 g/mol. The molecule has 0 saturated carbocycles. The lowest BCUT2D eigenvalue weighted by molar-refractivity contribution is -0.133. The lowest BCUT2D eigenvalue weighted by atomic mass is 10.2. The van der Waals surface area contributed by atoms with Crippen molar-refractivity contribution in [3.63, 3.8) is 0 Å². The fraction of sp³-hybridized carbons (Fsp3) is 0.333. The van der Waals surface area contributed by atoms with Gasteiger partial charge in [-0.2, -0.15) is 0 Å².